The summed E-state index contributed by atoms with van der Waals surface area (Å²) in [6.07, 6.45) is 42.7. The lowest BCUT2D eigenvalue weighted by atomic mass is 9.96. The molecule has 3 heterocycles. The van der Waals surface area contributed by atoms with E-state index < -0.39 is 124 Å². The third-order valence-corrected chi connectivity index (χ3v) is 16.9. The zero-order valence-corrected chi connectivity index (χ0v) is 55.3. The number of carbonyl (C=O) groups is 1. The highest BCUT2D eigenvalue weighted by Gasteiger charge is 2.53. The predicted molar refractivity (Wildman–Crippen MR) is 355 cm³/mol. The van der Waals surface area contributed by atoms with Gasteiger partial charge >= 0.3 is 0 Å². The Hall–Kier alpha value is -3.29. The van der Waals surface area contributed by atoms with Crippen molar-refractivity contribution in [2.75, 3.05) is 26.4 Å². The molecule has 1 amide bonds. The first kappa shape index (κ1) is 81.9. The molecule has 19 heteroatoms. The molecular weight excluding hydrogens is 1170 g/mol. The summed E-state index contributed by atoms with van der Waals surface area (Å²) in [6.45, 7) is 1.60. The van der Waals surface area contributed by atoms with Gasteiger partial charge in [0.15, 0.2) is 18.9 Å². The summed E-state index contributed by atoms with van der Waals surface area (Å²) in [5.74, 6) is -0.251. The summed E-state index contributed by atoms with van der Waals surface area (Å²) >= 11 is 0. The second-order valence-electron chi connectivity index (χ2n) is 24.6. The summed E-state index contributed by atoms with van der Waals surface area (Å²) in [7, 11) is 0. The Morgan fingerprint density at radius 3 is 1.19 bits per heavy atom. The lowest BCUT2D eigenvalue weighted by Gasteiger charge is -2.48. The number of aliphatic hydroxyl groups excluding tert-OH is 11. The number of rotatable bonds is 52. The van der Waals surface area contributed by atoms with Crippen molar-refractivity contribution in [1.82, 2.24) is 5.32 Å². The fourth-order valence-corrected chi connectivity index (χ4v) is 11.3. The number of carbonyl (C=O) groups excluding carboxylic acids is 1. The average molecular weight is 1290 g/mol. The lowest BCUT2D eigenvalue weighted by Crippen LogP contribution is -2.66. The Morgan fingerprint density at radius 2 is 0.758 bits per heavy atom. The number of hydrogen-bond donors (Lipinski definition) is 12. The number of hydrogen-bond acceptors (Lipinski definition) is 18. The number of aliphatic hydroxyl groups is 11. The summed E-state index contributed by atoms with van der Waals surface area (Å²) in [6, 6.07) is -0.889. The Balaban J connectivity index is 1.27. The minimum absolute atomic E-state index is 0.251. The Bertz CT molecular complexity index is 2030. The molecular formula is C72H123NO18. The van der Waals surface area contributed by atoms with E-state index in [2.05, 4.69) is 116 Å². The van der Waals surface area contributed by atoms with Crippen LogP contribution in [0.2, 0.25) is 0 Å². The smallest absolute Gasteiger partial charge is 0.220 e. The van der Waals surface area contributed by atoms with E-state index in [1.807, 2.05) is 0 Å². The van der Waals surface area contributed by atoms with Crippen LogP contribution >= 0.6 is 0 Å². The molecule has 19 nitrogen and oxygen atoms in total. The quantitative estimate of drug-likeness (QED) is 0.0199. The average Bonchev–Trinajstić information content (AvgIpc) is 1.40. The highest BCUT2D eigenvalue weighted by atomic mass is 16.8. The number of unbranched alkanes of at least 4 members (excludes halogenated alkanes) is 20. The zero-order chi connectivity index (χ0) is 66.1. The molecule has 3 aliphatic heterocycles. The SMILES string of the molecule is CC/C=C\C/C=C\C/C=C\C/C=C\C/C=C\C/C=C\C/C=C\C/C=C\CCCCCCCCCCCCCCCCC(=O)NC(COC1OC(CO)C(OC2OC(CO)C(OC3OC(CO)C(O)C(O)C3O)C(O)C2O)C(O)C1O)C(O)CCCCCCCCC. The van der Waals surface area contributed by atoms with Crippen LogP contribution in [0.5, 0.6) is 0 Å². The van der Waals surface area contributed by atoms with Gasteiger partial charge in [-0.3, -0.25) is 4.79 Å². The molecule has 0 spiro atoms. The van der Waals surface area contributed by atoms with Crippen molar-refractivity contribution in [3.63, 3.8) is 0 Å². The molecule has 3 aliphatic rings. The molecule has 3 saturated heterocycles. The molecule has 17 unspecified atom stereocenters. The molecule has 524 valence electrons. The van der Waals surface area contributed by atoms with Gasteiger partial charge in [0.2, 0.25) is 5.91 Å². The molecule has 0 aromatic carbocycles. The van der Waals surface area contributed by atoms with Gasteiger partial charge in [-0.15, -0.1) is 0 Å². The largest absolute Gasteiger partial charge is 0.394 e. The van der Waals surface area contributed by atoms with Crippen LogP contribution in [-0.2, 0) is 33.2 Å². The normalized spacial score (nSPS) is 28.5. The van der Waals surface area contributed by atoms with Crippen LogP contribution in [0.4, 0.5) is 0 Å². The third kappa shape index (κ3) is 34.8. The maximum Gasteiger partial charge on any atom is 0.220 e. The third-order valence-electron chi connectivity index (χ3n) is 16.9. The zero-order valence-electron chi connectivity index (χ0n) is 55.3. The van der Waals surface area contributed by atoms with E-state index in [0.29, 0.717) is 12.8 Å². The topological polar surface area (TPSA) is 307 Å². The first-order chi connectivity index (χ1) is 44.3. The molecule has 0 saturated carbocycles. The van der Waals surface area contributed by atoms with Gasteiger partial charge in [0.05, 0.1) is 38.6 Å². The van der Waals surface area contributed by atoms with Crippen LogP contribution < -0.4 is 5.32 Å². The Labute approximate surface area is 545 Å². The minimum Gasteiger partial charge on any atom is -0.394 e. The van der Waals surface area contributed by atoms with E-state index in [1.54, 1.807) is 0 Å². The van der Waals surface area contributed by atoms with Crippen LogP contribution in [0, 0.1) is 0 Å². The van der Waals surface area contributed by atoms with Gasteiger partial charge in [0.25, 0.3) is 0 Å². The van der Waals surface area contributed by atoms with Gasteiger partial charge in [0, 0.05) is 6.42 Å². The van der Waals surface area contributed by atoms with E-state index in [-0.39, 0.29) is 18.9 Å². The second kappa shape index (κ2) is 52.9. The van der Waals surface area contributed by atoms with E-state index >= 15 is 0 Å². The fraction of sp³-hybridized carbons (Fsp3) is 0.764. The van der Waals surface area contributed by atoms with Crippen molar-refractivity contribution in [1.29, 1.82) is 0 Å². The molecule has 17 atom stereocenters. The van der Waals surface area contributed by atoms with Crippen molar-refractivity contribution < 1.29 is 89.4 Å². The minimum atomic E-state index is -1.97. The van der Waals surface area contributed by atoms with Gasteiger partial charge in [-0.25, -0.2) is 0 Å². The van der Waals surface area contributed by atoms with Crippen LogP contribution in [-0.4, -0.2) is 193 Å². The van der Waals surface area contributed by atoms with Crippen LogP contribution in [0.1, 0.15) is 219 Å². The number of amides is 1. The lowest BCUT2D eigenvalue weighted by molar-refractivity contribution is -0.379. The maximum atomic E-state index is 13.3. The summed E-state index contributed by atoms with van der Waals surface area (Å²) < 4.78 is 34.2. The van der Waals surface area contributed by atoms with Crippen molar-refractivity contribution in [2.45, 2.75) is 324 Å². The molecule has 0 aromatic rings. The molecule has 0 radical (unpaired) electrons. The summed E-state index contributed by atoms with van der Waals surface area (Å²) in [5, 5.41) is 120. The monoisotopic (exact) mass is 1290 g/mol. The van der Waals surface area contributed by atoms with Gasteiger partial charge < -0.3 is 89.9 Å². The van der Waals surface area contributed by atoms with Gasteiger partial charge in [0.1, 0.15) is 73.2 Å². The van der Waals surface area contributed by atoms with Crippen molar-refractivity contribution in [2.24, 2.45) is 0 Å². The van der Waals surface area contributed by atoms with Gasteiger partial charge in [-0.2, -0.15) is 0 Å². The van der Waals surface area contributed by atoms with Crippen LogP contribution in [0.25, 0.3) is 0 Å². The van der Waals surface area contributed by atoms with Gasteiger partial charge in [-0.05, 0) is 77.0 Å². The maximum absolute atomic E-state index is 13.3. The fourth-order valence-electron chi connectivity index (χ4n) is 11.3. The molecule has 91 heavy (non-hydrogen) atoms. The van der Waals surface area contributed by atoms with E-state index in [9.17, 15) is 61.0 Å². The van der Waals surface area contributed by atoms with Crippen molar-refractivity contribution in [3.8, 4) is 0 Å². The Morgan fingerprint density at radius 1 is 0.407 bits per heavy atom. The molecule has 3 rings (SSSR count). The molecule has 3 fully saturated rings. The predicted octanol–water partition coefficient (Wildman–Crippen LogP) is 9.27. The van der Waals surface area contributed by atoms with Crippen molar-refractivity contribution >= 4 is 5.91 Å². The Kier molecular flexibility index (Phi) is 47.7. The summed E-state index contributed by atoms with van der Waals surface area (Å²) in [4.78, 5) is 13.3. The van der Waals surface area contributed by atoms with E-state index in [1.165, 1.54) is 70.6 Å². The number of nitrogens with one attached hydrogen (secondary N) is 1. The highest BCUT2D eigenvalue weighted by Crippen LogP contribution is 2.33. The first-order valence-corrected chi connectivity index (χ1v) is 35.0. The number of ether oxygens (including phenoxy) is 6. The number of allylic oxidation sites excluding steroid dienone is 16. The van der Waals surface area contributed by atoms with Crippen LogP contribution in [0.3, 0.4) is 0 Å². The molecule has 0 aromatic heterocycles. The van der Waals surface area contributed by atoms with Crippen molar-refractivity contribution in [3.05, 3.63) is 97.2 Å². The molecule has 0 aliphatic carbocycles. The standard InChI is InChI=1S/C72H123NO18/c1-3-5-7-9-11-12-13-14-15-16-17-18-19-20-21-22-23-24-25-26-27-28-29-30-31-32-33-34-35-36-37-38-39-40-41-42-44-46-48-50-60(78)73-55(56(77)49-47-45-43-10-8-6-4-2)54-86-70-66(84)63(81)68(58(52-75)88-70)91-72-67(85)64(82)69(59(53-76)89-72)90-71-65(83)62(80)61(79)57(51-74)87-71/h5,7,11-12,14-15,17-18,20-21,23-24,26-27,29-30,55-59,61-72,74-77,79-85H,3-4,6,8-10,13,16,19,22,25,28,31-54H2,1-2H3,(H,73,78)/b7-5-,12-11-,15-14-,18-17-,21-20-,24-23-,27-26-,30-29-. The van der Waals surface area contributed by atoms with Gasteiger partial charge in [-0.1, -0.05) is 233 Å². The summed E-state index contributed by atoms with van der Waals surface area (Å²) in [5.41, 5.74) is 0. The molecule has 12 N–H and O–H groups in total. The van der Waals surface area contributed by atoms with Crippen LogP contribution in [0.15, 0.2) is 97.2 Å². The second-order valence-corrected chi connectivity index (χ2v) is 24.6. The molecule has 0 bridgehead atoms. The van der Waals surface area contributed by atoms with E-state index in [4.69, 9.17) is 28.4 Å². The highest BCUT2D eigenvalue weighted by molar-refractivity contribution is 5.76. The van der Waals surface area contributed by atoms with E-state index in [0.717, 1.165) is 116 Å². The first-order valence-electron chi connectivity index (χ1n) is 35.0.